The average Bonchev–Trinajstić information content (AvgIpc) is 2.82. The van der Waals surface area contributed by atoms with Crippen molar-refractivity contribution in [3.8, 4) is 0 Å². The number of alkyl halides is 3. The first-order valence-electron chi connectivity index (χ1n) is 11.2. The van der Waals surface area contributed by atoms with Crippen molar-refractivity contribution in [1.82, 2.24) is 4.98 Å². The van der Waals surface area contributed by atoms with Crippen LogP contribution in [0.5, 0.6) is 0 Å². The van der Waals surface area contributed by atoms with E-state index in [2.05, 4.69) is 18.0 Å². The number of nitrogens with zero attached hydrogens (tertiary/aromatic N) is 1. The number of pyridine rings is 1. The van der Waals surface area contributed by atoms with E-state index in [0.29, 0.717) is 16.5 Å². The van der Waals surface area contributed by atoms with Crippen LogP contribution in [0.3, 0.4) is 0 Å². The zero-order chi connectivity index (χ0) is 24.3. The van der Waals surface area contributed by atoms with E-state index in [9.17, 15) is 17.6 Å². The normalized spacial score (nSPS) is 11.8. The predicted molar refractivity (Wildman–Crippen MR) is 124 cm³/mol. The fourth-order valence-electron chi connectivity index (χ4n) is 4.04. The molecule has 34 heavy (non-hydrogen) atoms. The molecule has 4 rings (SSSR count). The van der Waals surface area contributed by atoms with Crippen LogP contribution in [0, 0.1) is 11.6 Å². The standard InChI is InChI=1S/C28H24F5N/c1-2-18-4-11-23(34-17-18)12-5-19-6-13-24-22(15-19)10-9-21(27(24)30)8-3-20-7-14-25(26(29)16-20)28(31,32)33/h4,6-7,9-11,13-17H,2-3,5,8,12H2,1H3. The fourth-order valence-corrected chi connectivity index (χ4v) is 4.04. The van der Waals surface area contributed by atoms with Crippen molar-refractivity contribution in [3.63, 3.8) is 0 Å². The third kappa shape index (κ3) is 5.44. The highest BCUT2D eigenvalue weighted by molar-refractivity contribution is 5.84. The first-order valence-corrected chi connectivity index (χ1v) is 11.2. The van der Waals surface area contributed by atoms with E-state index < -0.39 is 17.6 Å². The number of benzene rings is 3. The van der Waals surface area contributed by atoms with Gasteiger partial charge in [-0.1, -0.05) is 49.4 Å². The van der Waals surface area contributed by atoms with Gasteiger partial charge in [-0.15, -0.1) is 0 Å². The Kier molecular flexibility index (Phi) is 6.96. The summed E-state index contributed by atoms with van der Waals surface area (Å²) < 4.78 is 67.1. The fraction of sp³-hybridized carbons (Fsp3) is 0.250. The molecule has 0 N–H and O–H groups in total. The van der Waals surface area contributed by atoms with Gasteiger partial charge < -0.3 is 0 Å². The molecule has 0 unspecified atom stereocenters. The number of fused-ring (bicyclic) bond motifs is 1. The molecule has 0 bridgehead atoms. The molecule has 4 aromatic rings. The van der Waals surface area contributed by atoms with Gasteiger partial charge in [-0.25, -0.2) is 8.78 Å². The van der Waals surface area contributed by atoms with Crippen molar-refractivity contribution in [2.24, 2.45) is 0 Å². The molecule has 0 aliphatic carbocycles. The lowest BCUT2D eigenvalue weighted by molar-refractivity contribution is -0.140. The minimum Gasteiger partial charge on any atom is -0.261 e. The van der Waals surface area contributed by atoms with Gasteiger partial charge in [0.15, 0.2) is 0 Å². The van der Waals surface area contributed by atoms with Crippen LogP contribution in [0.25, 0.3) is 10.8 Å². The van der Waals surface area contributed by atoms with Crippen LogP contribution in [-0.2, 0) is 38.3 Å². The molecule has 0 aliphatic heterocycles. The third-order valence-electron chi connectivity index (χ3n) is 6.08. The molecule has 3 aromatic carbocycles. The van der Waals surface area contributed by atoms with Gasteiger partial charge in [-0.2, -0.15) is 13.2 Å². The molecule has 0 spiro atoms. The van der Waals surface area contributed by atoms with Gasteiger partial charge in [0.2, 0.25) is 0 Å². The Morgan fingerprint density at radius 1 is 0.735 bits per heavy atom. The summed E-state index contributed by atoms with van der Waals surface area (Å²) >= 11 is 0. The Balaban J connectivity index is 1.44. The first-order chi connectivity index (χ1) is 16.2. The molecular formula is C28H24F5N. The minimum atomic E-state index is -4.73. The summed E-state index contributed by atoms with van der Waals surface area (Å²) in [5, 5.41) is 1.28. The molecule has 0 amide bonds. The van der Waals surface area contributed by atoms with Crippen molar-refractivity contribution < 1.29 is 22.0 Å². The zero-order valence-corrected chi connectivity index (χ0v) is 18.7. The van der Waals surface area contributed by atoms with Gasteiger partial charge in [0.05, 0.1) is 5.56 Å². The molecule has 6 heteroatoms. The Morgan fingerprint density at radius 2 is 1.44 bits per heavy atom. The van der Waals surface area contributed by atoms with E-state index in [-0.39, 0.29) is 18.7 Å². The van der Waals surface area contributed by atoms with Gasteiger partial charge in [0.1, 0.15) is 11.6 Å². The summed E-state index contributed by atoms with van der Waals surface area (Å²) in [6, 6.07) is 16.1. The topological polar surface area (TPSA) is 12.9 Å². The van der Waals surface area contributed by atoms with Crippen molar-refractivity contribution >= 4 is 10.8 Å². The van der Waals surface area contributed by atoms with Crippen molar-refractivity contribution in [2.45, 2.75) is 45.2 Å². The van der Waals surface area contributed by atoms with Crippen molar-refractivity contribution in [1.29, 1.82) is 0 Å². The SMILES string of the molecule is CCc1ccc(CCc2ccc3c(F)c(CCc4ccc(C(F)(F)F)c(F)c4)ccc3c2)nc1. The number of halogens is 5. The summed E-state index contributed by atoms with van der Waals surface area (Å²) in [6.45, 7) is 2.09. The molecular weight excluding hydrogens is 445 g/mol. The average molecular weight is 469 g/mol. The number of hydrogen-bond donors (Lipinski definition) is 0. The zero-order valence-electron chi connectivity index (χ0n) is 18.7. The molecule has 0 saturated heterocycles. The molecule has 1 nitrogen and oxygen atoms in total. The van der Waals surface area contributed by atoms with Gasteiger partial charge in [-0.05, 0) is 77.9 Å². The summed E-state index contributed by atoms with van der Waals surface area (Å²) in [4.78, 5) is 4.48. The summed E-state index contributed by atoms with van der Waals surface area (Å²) in [6.07, 6.45) is 0.185. The lowest BCUT2D eigenvalue weighted by atomic mass is 9.97. The number of hydrogen-bond acceptors (Lipinski definition) is 1. The Labute approximate surface area is 195 Å². The largest absolute Gasteiger partial charge is 0.419 e. The highest BCUT2D eigenvalue weighted by Gasteiger charge is 2.33. The van der Waals surface area contributed by atoms with Crippen LogP contribution in [0.2, 0.25) is 0 Å². The number of aromatic nitrogens is 1. The summed E-state index contributed by atoms with van der Waals surface area (Å²) in [5.74, 6) is -1.67. The monoisotopic (exact) mass is 469 g/mol. The maximum Gasteiger partial charge on any atom is 0.419 e. The molecule has 176 valence electrons. The lowest BCUT2D eigenvalue weighted by Gasteiger charge is -2.11. The third-order valence-corrected chi connectivity index (χ3v) is 6.08. The Hall–Kier alpha value is -3.28. The van der Waals surface area contributed by atoms with E-state index in [4.69, 9.17) is 0 Å². The maximum atomic E-state index is 15.1. The molecule has 0 atom stereocenters. The Morgan fingerprint density at radius 3 is 2.12 bits per heavy atom. The number of rotatable bonds is 7. The van der Waals surface area contributed by atoms with Crippen LogP contribution in [-0.4, -0.2) is 4.98 Å². The van der Waals surface area contributed by atoms with E-state index >= 15 is 4.39 Å². The predicted octanol–water partition coefficient (Wildman–Crippen LogP) is 7.66. The van der Waals surface area contributed by atoms with Crippen LogP contribution in [0.15, 0.2) is 66.9 Å². The quantitative estimate of drug-likeness (QED) is 0.253. The van der Waals surface area contributed by atoms with Crippen molar-refractivity contribution in [2.75, 3.05) is 0 Å². The lowest BCUT2D eigenvalue weighted by Crippen LogP contribution is -2.08. The molecule has 1 heterocycles. The minimum absolute atomic E-state index is 0.236. The van der Waals surface area contributed by atoms with Gasteiger partial charge in [-0.3, -0.25) is 4.98 Å². The van der Waals surface area contributed by atoms with Gasteiger partial charge in [0.25, 0.3) is 0 Å². The van der Waals surface area contributed by atoms with Crippen LogP contribution < -0.4 is 0 Å². The summed E-state index contributed by atoms with van der Waals surface area (Å²) in [7, 11) is 0. The number of aryl methyl sites for hydroxylation is 5. The maximum absolute atomic E-state index is 15.1. The van der Waals surface area contributed by atoms with Crippen LogP contribution in [0.1, 0.15) is 40.4 Å². The highest BCUT2D eigenvalue weighted by Crippen LogP contribution is 2.32. The molecule has 0 fully saturated rings. The second-order valence-corrected chi connectivity index (χ2v) is 8.42. The van der Waals surface area contributed by atoms with E-state index in [1.165, 1.54) is 11.6 Å². The van der Waals surface area contributed by atoms with Crippen LogP contribution in [0.4, 0.5) is 22.0 Å². The van der Waals surface area contributed by atoms with Gasteiger partial charge in [0, 0.05) is 17.3 Å². The molecule has 0 saturated carbocycles. The Bertz CT molecular complexity index is 1290. The second kappa shape index (κ2) is 9.92. The second-order valence-electron chi connectivity index (χ2n) is 8.42. The molecule has 1 aromatic heterocycles. The van der Waals surface area contributed by atoms with Gasteiger partial charge >= 0.3 is 6.18 Å². The van der Waals surface area contributed by atoms with E-state index in [1.54, 1.807) is 12.1 Å². The summed E-state index contributed by atoms with van der Waals surface area (Å²) in [5.41, 5.74) is 2.84. The van der Waals surface area contributed by atoms with Crippen LogP contribution >= 0.6 is 0 Å². The first kappa shape index (κ1) is 23.9. The smallest absolute Gasteiger partial charge is 0.261 e. The molecule has 0 aliphatic rings. The molecule has 0 radical (unpaired) electrons. The van der Waals surface area contributed by atoms with E-state index in [0.717, 1.165) is 48.0 Å². The van der Waals surface area contributed by atoms with E-state index in [1.807, 2.05) is 30.5 Å². The van der Waals surface area contributed by atoms with Crippen molar-refractivity contribution in [3.05, 3.63) is 112 Å². The highest BCUT2D eigenvalue weighted by atomic mass is 19.4.